The summed E-state index contributed by atoms with van der Waals surface area (Å²) in [6, 6.07) is 14.2. The van der Waals surface area contributed by atoms with Crippen LogP contribution in [0.3, 0.4) is 0 Å². The van der Waals surface area contributed by atoms with Gasteiger partial charge in [0.2, 0.25) is 10.0 Å². The molecule has 0 saturated carbocycles. The molecule has 0 aliphatic carbocycles. The van der Waals surface area contributed by atoms with Gasteiger partial charge in [-0.15, -0.1) is 0 Å². The minimum Gasteiger partial charge on any atom is -0.493 e. The largest absolute Gasteiger partial charge is 0.493 e. The highest BCUT2D eigenvalue weighted by Gasteiger charge is 2.23. The van der Waals surface area contributed by atoms with Crippen LogP contribution in [0.2, 0.25) is 0 Å². The Labute approximate surface area is 158 Å². The number of benzene rings is 2. The zero-order valence-corrected chi connectivity index (χ0v) is 16.2. The number of ether oxygens (including phenoxy) is 2. The fourth-order valence-electron chi connectivity index (χ4n) is 2.66. The predicted octanol–water partition coefficient (Wildman–Crippen LogP) is 2.71. The third kappa shape index (κ3) is 3.96. The molecule has 0 saturated heterocycles. The van der Waals surface area contributed by atoms with Crippen LogP contribution in [0.25, 0.3) is 5.69 Å². The molecular weight excluding hydrogens is 366 g/mol. The van der Waals surface area contributed by atoms with Gasteiger partial charge in [-0.2, -0.15) is 9.40 Å². The predicted molar refractivity (Wildman–Crippen MR) is 102 cm³/mol. The molecular formula is C19H21N3O4S. The van der Waals surface area contributed by atoms with Crippen molar-refractivity contribution in [3.05, 3.63) is 66.5 Å². The van der Waals surface area contributed by atoms with Gasteiger partial charge in [0.1, 0.15) is 0 Å². The van der Waals surface area contributed by atoms with E-state index < -0.39 is 10.0 Å². The second kappa shape index (κ2) is 7.81. The molecule has 2 aromatic carbocycles. The van der Waals surface area contributed by atoms with E-state index in [1.165, 1.54) is 37.7 Å². The Balaban J connectivity index is 1.81. The van der Waals surface area contributed by atoms with E-state index >= 15 is 0 Å². The average molecular weight is 387 g/mol. The lowest BCUT2D eigenvalue weighted by atomic mass is 10.3. The van der Waals surface area contributed by atoms with Crippen molar-refractivity contribution in [1.29, 1.82) is 0 Å². The van der Waals surface area contributed by atoms with Gasteiger partial charge in [-0.1, -0.05) is 18.2 Å². The Kier molecular flexibility index (Phi) is 5.48. The first-order valence-corrected chi connectivity index (χ1v) is 9.67. The molecule has 1 aromatic heterocycles. The second-order valence-electron chi connectivity index (χ2n) is 5.91. The van der Waals surface area contributed by atoms with Crippen LogP contribution in [-0.2, 0) is 16.6 Å². The van der Waals surface area contributed by atoms with E-state index in [1.54, 1.807) is 16.9 Å². The van der Waals surface area contributed by atoms with Crippen LogP contribution in [0.15, 0.2) is 65.8 Å². The van der Waals surface area contributed by atoms with E-state index in [-0.39, 0.29) is 11.4 Å². The minimum atomic E-state index is -3.69. The van der Waals surface area contributed by atoms with Gasteiger partial charge in [-0.25, -0.2) is 13.1 Å². The molecule has 0 aliphatic heterocycles. The standard InChI is InChI=1S/C19H21N3O4S/c1-21(13-15-12-20-22(14-15)16-7-5-4-6-8-16)27(23,24)17-9-10-18(25-2)19(11-17)26-3/h4-12,14H,13H2,1-3H3. The first-order chi connectivity index (χ1) is 13.0. The Morgan fingerprint density at radius 2 is 1.74 bits per heavy atom. The lowest BCUT2D eigenvalue weighted by Gasteiger charge is -2.17. The topological polar surface area (TPSA) is 73.7 Å². The Bertz CT molecular complexity index is 1020. The van der Waals surface area contributed by atoms with Gasteiger partial charge in [-0.05, 0) is 24.3 Å². The summed E-state index contributed by atoms with van der Waals surface area (Å²) in [6.07, 6.45) is 3.48. The monoisotopic (exact) mass is 387 g/mol. The summed E-state index contributed by atoms with van der Waals surface area (Å²) in [5, 5.41) is 4.30. The number of nitrogens with zero attached hydrogens (tertiary/aromatic N) is 3. The van der Waals surface area contributed by atoms with Crippen LogP contribution in [-0.4, -0.2) is 43.8 Å². The van der Waals surface area contributed by atoms with Crippen molar-refractivity contribution in [3.63, 3.8) is 0 Å². The molecule has 0 aliphatic rings. The van der Waals surface area contributed by atoms with Crippen LogP contribution in [0.5, 0.6) is 11.5 Å². The second-order valence-corrected chi connectivity index (χ2v) is 7.95. The third-order valence-corrected chi connectivity index (χ3v) is 5.92. The van der Waals surface area contributed by atoms with Crippen LogP contribution in [0.1, 0.15) is 5.56 Å². The molecule has 0 bridgehead atoms. The molecule has 0 fully saturated rings. The van der Waals surface area contributed by atoms with E-state index in [4.69, 9.17) is 9.47 Å². The molecule has 0 spiro atoms. The van der Waals surface area contributed by atoms with Gasteiger partial charge in [0.15, 0.2) is 11.5 Å². The van der Waals surface area contributed by atoms with Crippen LogP contribution >= 0.6 is 0 Å². The molecule has 0 atom stereocenters. The Morgan fingerprint density at radius 1 is 1.04 bits per heavy atom. The summed E-state index contributed by atoms with van der Waals surface area (Å²) in [4.78, 5) is 0.137. The third-order valence-electron chi connectivity index (χ3n) is 4.13. The molecule has 27 heavy (non-hydrogen) atoms. The number of hydrogen-bond donors (Lipinski definition) is 0. The average Bonchev–Trinajstić information content (AvgIpc) is 3.16. The molecule has 0 radical (unpaired) electrons. The van der Waals surface area contributed by atoms with Crippen LogP contribution < -0.4 is 9.47 Å². The molecule has 3 rings (SSSR count). The Morgan fingerprint density at radius 3 is 2.41 bits per heavy atom. The molecule has 3 aromatic rings. The number of aromatic nitrogens is 2. The maximum Gasteiger partial charge on any atom is 0.243 e. The van der Waals surface area contributed by atoms with Crippen molar-refractivity contribution in [3.8, 4) is 17.2 Å². The maximum atomic E-state index is 12.9. The van der Waals surface area contributed by atoms with Crippen molar-refractivity contribution in [2.24, 2.45) is 0 Å². The van der Waals surface area contributed by atoms with Crippen molar-refractivity contribution in [2.75, 3.05) is 21.3 Å². The highest BCUT2D eigenvalue weighted by molar-refractivity contribution is 7.89. The summed E-state index contributed by atoms with van der Waals surface area (Å²) >= 11 is 0. The van der Waals surface area contributed by atoms with Gasteiger partial charge in [-0.3, -0.25) is 0 Å². The zero-order chi connectivity index (χ0) is 19.4. The van der Waals surface area contributed by atoms with E-state index in [0.717, 1.165) is 11.3 Å². The van der Waals surface area contributed by atoms with Crippen molar-refractivity contribution >= 4 is 10.0 Å². The summed E-state index contributed by atoms with van der Waals surface area (Å²) in [5.74, 6) is 0.840. The smallest absolute Gasteiger partial charge is 0.243 e. The fourth-order valence-corrected chi connectivity index (χ4v) is 3.84. The lowest BCUT2D eigenvalue weighted by Crippen LogP contribution is -2.26. The van der Waals surface area contributed by atoms with E-state index in [0.29, 0.717) is 11.5 Å². The van der Waals surface area contributed by atoms with E-state index in [1.807, 2.05) is 36.5 Å². The normalized spacial score (nSPS) is 11.6. The molecule has 0 N–H and O–H groups in total. The first kappa shape index (κ1) is 18.9. The number of hydrogen-bond acceptors (Lipinski definition) is 5. The zero-order valence-electron chi connectivity index (χ0n) is 15.4. The summed E-state index contributed by atoms with van der Waals surface area (Å²) in [7, 11) is 0.815. The van der Waals surface area contributed by atoms with E-state index in [9.17, 15) is 8.42 Å². The molecule has 1 heterocycles. The summed E-state index contributed by atoms with van der Waals surface area (Å²) in [6.45, 7) is 0.198. The summed E-state index contributed by atoms with van der Waals surface area (Å²) < 4.78 is 39.1. The number of sulfonamides is 1. The number of methoxy groups -OCH3 is 2. The molecule has 7 nitrogen and oxygen atoms in total. The van der Waals surface area contributed by atoms with Crippen molar-refractivity contribution < 1.29 is 17.9 Å². The highest BCUT2D eigenvalue weighted by atomic mass is 32.2. The van der Waals surface area contributed by atoms with Crippen LogP contribution in [0.4, 0.5) is 0 Å². The maximum absolute atomic E-state index is 12.9. The van der Waals surface area contributed by atoms with Gasteiger partial charge < -0.3 is 9.47 Å². The number of para-hydroxylation sites is 1. The molecule has 0 amide bonds. The summed E-state index contributed by atoms with van der Waals surface area (Å²) in [5.41, 5.74) is 1.69. The van der Waals surface area contributed by atoms with Gasteiger partial charge in [0.25, 0.3) is 0 Å². The molecule has 8 heteroatoms. The van der Waals surface area contributed by atoms with Gasteiger partial charge >= 0.3 is 0 Å². The van der Waals surface area contributed by atoms with Gasteiger partial charge in [0.05, 0.1) is 31.0 Å². The Hall–Kier alpha value is -2.84. The van der Waals surface area contributed by atoms with Crippen molar-refractivity contribution in [2.45, 2.75) is 11.4 Å². The fraction of sp³-hybridized carbons (Fsp3) is 0.211. The van der Waals surface area contributed by atoms with Gasteiger partial charge in [0, 0.05) is 31.4 Å². The number of rotatable bonds is 7. The molecule has 142 valence electrons. The van der Waals surface area contributed by atoms with Crippen molar-refractivity contribution in [1.82, 2.24) is 14.1 Å². The minimum absolute atomic E-state index is 0.137. The highest BCUT2D eigenvalue weighted by Crippen LogP contribution is 2.30. The van der Waals surface area contributed by atoms with E-state index in [2.05, 4.69) is 5.10 Å². The SMILES string of the molecule is COc1ccc(S(=O)(=O)N(C)Cc2cnn(-c3ccccc3)c2)cc1OC. The molecule has 0 unspecified atom stereocenters. The van der Waals surface area contributed by atoms with Crippen LogP contribution in [0, 0.1) is 0 Å². The first-order valence-electron chi connectivity index (χ1n) is 8.23. The lowest BCUT2D eigenvalue weighted by molar-refractivity contribution is 0.353. The quantitative estimate of drug-likeness (QED) is 0.623.